The summed E-state index contributed by atoms with van der Waals surface area (Å²) >= 11 is 24.5. The smallest absolute Gasteiger partial charge is 0.257 e. The van der Waals surface area contributed by atoms with E-state index in [2.05, 4.69) is 25.9 Å². The number of carbonyl (C=O) groups excluding carboxylic acids is 2. The van der Waals surface area contributed by atoms with Crippen LogP contribution < -0.4 is 36.9 Å². The van der Waals surface area contributed by atoms with Crippen LogP contribution in [0.1, 0.15) is 89.1 Å². The average Bonchev–Trinajstić information content (AvgIpc) is 3.26. The number of amides is 2. The van der Waals surface area contributed by atoms with Crippen LogP contribution in [0.4, 0.5) is 28.7 Å². The van der Waals surface area contributed by atoms with Gasteiger partial charge in [-0.05, 0) is 99.3 Å². The lowest BCUT2D eigenvalue weighted by Crippen LogP contribution is -2.36. The van der Waals surface area contributed by atoms with E-state index in [1.807, 2.05) is 63.2 Å². The molecule has 2 amide bonds. The Morgan fingerprint density at radius 2 is 1.32 bits per heavy atom. The molecule has 0 bridgehead atoms. The normalized spacial score (nSPS) is 15.5. The van der Waals surface area contributed by atoms with E-state index in [1.54, 1.807) is 54.6 Å². The van der Waals surface area contributed by atoms with Crippen LogP contribution >= 0.6 is 46.4 Å². The van der Waals surface area contributed by atoms with Crippen molar-refractivity contribution in [1.82, 2.24) is 9.97 Å². The number of aryl methyl sites for hydroxylation is 1. The van der Waals surface area contributed by atoms with Gasteiger partial charge < -0.3 is 42.0 Å². The summed E-state index contributed by atoms with van der Waals surface area (Å²) in [6, 6.07) is 28.4. The van der Waals surface area contributed by atoms with Gasteiger partial charge >= 0.3 is 0 Å². The quantitative estimate of drug-likeness (QED) is 0.0689. The van der Waals surface area contributed by atoms with E-state index in [0.29, 0.717) is 59.7 Å². The zero-order chi connectivity index (χ0) is 45.2. The third-order valence-corrected chi connectivity index (χ3v) is 11.5. The van der Waals surface area contributed by atoms with Crippen molar-refractivity contribution in [3.63, 3.8) is 0 Å². The number of pyridine rings is 2. The summed E-state index contributed by atoms with van der Waals surface area (Å²) in [4.78, 5) is 33.5. The molecule has 1 aliphatic rings. The molecular formula is C47H47Cl4N7O5. The van der Waals surface area contributed by atoms with Crippen LogP contribution in [0, 0.1) is 6.92 Å². The van der Waals surface area contributed by atoms with Crippen LogP contribution in [0.15, 0.2) is 109 Å². The third-order valence-electron chi connectivity index (χ3n) is 10.3. The third kappa shape index (κ3) is 12.7. The molecule has 328 valence electrons. The summed E-state index contributed by atoms with van der Waals surface area (Å²) in [6.07, 6.45) is 5.59. The van der Waals surface area contributed by atoms with Crippen molar-refractivity contribution >= 4 is 86.9 Å². The van der Waals surface area contributed by atoms with Crippen LogP contribution in [-0.2, 0) is 0 Å². The van der Waals surface area contributed by atoms with E-state index in [1.165, 1.54) is 12.4 Å². The maximum Gasteiger partial charge on any atom is 0.257 e. The molecule has 4 atom stereocenters. The molecule has 0 spiro atoms. The fourth-order valence-corrected chi connectivity index (χ4v) is 7.61. The molecule has 0 saturated heterocycles. The Morgan fingerprint density at radius 3 is 2.02 bits per heavy atom. The van der Waals surface area contributed by atoms with Crippen molar-refractivity contribution in [2.24, 2.45) is 0 Å². The van der Waals surface area contributed by atoms with Gasteiger partial charge in [-0.15, -0.1) is 0 Å². The molecule has 63 heavy (non-hydrogen) atoms. The van der Waals surface area contributed by atoms with Gasteiger partial charge in [-0.25, -0.2) is 9.97 Å². The topological polar surface area (TPSA) is 187 Å². The molecule has 2 heterocycles. The molecule has 1 fully saturated rings. The summed E-state index contributed by atoms with van der Waals surface area (Å²) in [5.41, 5.74) is 17.0. The molecule has 2 aromatic heterocycles. The van der Waals surface area contributed by atoms with Gasteiger partial charge in [0, 0.05) is 57.7 Å². The standard InChI is InChI=1S/C26H29ClN4O3.C21H18Cl3N3O2/c1-16(34-24-14-19(27)15-29-25(24)28)17-6-4-9-21(12-17)31-26(33)18-7-5-8-20(13-18)30-22-10-2-3-11-23(22)32;1-11-4-3-5-15(19(11)24)21(28)27-14-6-7-17(23)16(9-14)12(2)29-18-8-13(22)10-26-20(18)25/h4-9,12-16,22-23,30,32H,2-3,10-11H2,1H3,(H2,28,29)(H,31,33);3-10,12H,1-2H3,(H2,25,26)(H,27,28)/t16-,22?,23?;/m1./s1. The molecule has 1 saturated carbocycles. The van der Waals surface area contributed by atoms with Crippen LogP contribution in [0.2, 0.25) is 20.1 Å². The van der Waals surface area contributed by atoms with Crippen molar-refractivity contribution in [3.05, 3.63) is 157 Å². The Morgan fingerprint density at radius 1 is 0.714 bits per heavy atom. The second-order valence-corrected chi connectivity index (χ2v) is 16.6. The van der Waals surface area contributed by atoms with Crippen LogP contribution in [-0.4, -0.2) is 39.0 Å². The summed E-state index contributed by atoms with van der Waals surface area (Å²) < 4.78 is 11.8. The summed E-state index contributed by atoms with van der Waals surface area (Å²) in [6.45, 7) is 5.54. The number of ether oxygens (including phenoxy) is 2. The Kier molecular flexibility index (Phi) is 16.0. The lowest BCUT2D eigenvalue weighted by atomic mass is 9.92. The van der Waals surface area contributed by atoms with E-state index < -0.39 is 6.10 Å². The van der Waals surface area contributed by atoms with Gasteiger partial charge in [0.1, 0.15) is 12.2 Å². The molecule has 7 rings (SSSR count). The molecule has 16 heteroatoms. The number of aliphatic hydroxyl groups is 1. The number of aliphatic hydroxyl groups excluding tert-OH is 1. The fourth-order valence-electron chi connectivity index (χ4n) is 6.83. The molecule has 1 aliphatic carbocycles. The van der Waals surface area contributed by atoms with Gasteiger partial charge in [-0.3, -0.25) is 9.59 Å². The highest BCUT2D eigenvalue weighted by Crippen LogP contribution is 2.34. The second-order valence-electron chi connectivity index (χ2n) is 15.0. The number of nitrogens with zero attached hydrogens (tertiary/aromatic N) is 2. The molecule has 6 aromatic rings. The molecular weight excluding hydrogens is 884 g/mol. The van der Waals surface area contributed by atoms with Gasteiger partial charge in [0.15, 0.2) is 23.1 Å². The minimum Gasteiger partial charge on any atom is -0.482 e. The zero-order valence-electron chi connectivity index (χ0n) is 34.7. The number of rotatable bonds is 12. The van der Waals surface area contributed by atoms with E-state index >= 15 is 0 Å². The SMILES string of the molecule is C[C@@H](Oc1cc(Cl)cnc1N)c1cccc(NC(=O)c2cccc(NC3CCCCC3O)c2)c1.Cc1cccc(C(=O)Nc2ccc(Cl)c(C(C)Oc3cc(Cl)cnc3N)c2)c1Cl. The maximum atomic E-state index is 12.9. The second kappa shape index (κ2) is 21.5. The first-order chi connectivity index (χ1) is 30.1. The van der Waals surface area contributed by atoms with Gasteiger partial charge in [0.2, 0.25) is 0 Å². The lowest BCUT2D eigenvalue weighted by molar-refractivity contribution is 0.101. The largest absolute Gasteiger partial charge is 0.482 e. The van der Waals surface area contributed by atoms with Gasteiger partial charge in [0.25, 0.3) is 11.8 Å². The summed E-state index contributed by atoms with van der Waals surface area (Å²) in [5.74, 6) is 0.695. The lowest BCUT2D eigenvalue weighted by Gasteiger charge is -2.29. The first kappa shape index (κ1) is 46.7. The highest BCUT2D eigenvalue weighted by Gasteiger charge is 2.23. The van der Waals surface area contributed by atoms with Crippen LogP contribution in [0.25, 0.3) is 0 Å². The van der Waals surface area contributed by atoms with Crippen molar-refractivity contribution in [2.45, 2.75) is 70.8 Å². The number of nitrogen functional groups attached to an aromatic ring is 2. The zero-order valence-corrected chi connectivity index (χ0v) is 37.7. The number of benzene rings is 4. The minimum atomic E-state index is -0.468. The highest BCUT2D eigenvalue weighted by molar-refractivity contribution is 6.35. The van der Waals surface area contributed by atoms with Gasteiger partial charge in [-0.2, -0.15) is 0 Å². The Balaban J connectivity index is 0.000000213. The monoisotopic (exact) mass is 929 g/mol. The van der Waals surface area contributed by atoms with E-state index in [0.717, 1.165) is 42.5 Å². The number of halogens is 4. The molecule has 3 unspecified atom stereocenters. The van der Waals surface area contributed by atoms with Crippen molar-refractivity contribution in [3.8, 4) is 11.5 Å². The Hall–Kier alpha value is -5.76. The number of anilines is 5. The molecule has 12 nitrogen and oxygen atoms in total. The number of hydrogen-bond donors (Lipinski definition) is 6. The van der Waals surface area contributed by atoms with E-state index in [9.17, 15) is 14.7 Å². The van der Waals surface area contributed by atoms with E-state index in [-0.39, 0.29) is 41.7 Å². The van der Waals surface area contributed by atoms with Gasteiger partial charge in [0.05, 0.1) is 32.8 Å². The first-order valence-electron chi connectivity index (χ1n) is 20.1. The molecule has 0 radical (unpaired) electrons. The number of hydrogen-bond acceptors (Lipinski definition) is 10. The van der Waals surface area contributed by atoms with E-state index in [4.69, 9.17) is 67.3 Å². The number of aromatic nitrogens is 2. The first-order valence-corrected chi connectivity index (χ1v) is 21.6. The number of carbonyl (C=O) groups is 2. The average molecular weight is 932 g/mol. The number of nitrogens with one attached hydrogen (secondary N) is 3. The highest BCUT2D eigenvalue weighted by atomic mass is 35.5. The van der Waals surface area contributed by atoms with Gasteiger partial charge in [-0.1, -0.05) is 89.6 Å². The summed E-state index contributed by atoms with van der Waals surface area (Å²) in [7, 11) is 0. The van der Waals surface area contributed by atoms with Crippen molar-refractivity contribution < 1.29 is 24.2 Å². The summed E-state index contributed by atoms with van der Waals surface area (Å²) in [5, 5.41) is 21.1. The predicted octanol–water partition coefficient (Wildman–Crippen LogP) is 11.7. The Labute approximate surface area is 386 Å². The van der Waals surface area contributed by atoms with Crippen LogP contribution in [0.5, 0.6) is 11.5 Å². The fraction of sp³-hybridized carbons (Fsp3) is 0.234. The minimum absolute atomic E-state index is 0.00830. The maximum absolute atomic E-state index is 12.9. The Bertz CT molecular complexity index is 2580. The molecule has 0 aliphatic heterocycles. The van der Waals surface area contributed by atoms with Crippen molar-refractivity contribution in [1.29, 1.82) is 0 Å². The number of nitrogens with two attached hydrogens (primary N) is 2. The molecule has 4 aromatic carbocycles. The predicted molar refractivity (Wildman–Crippen MR) is 254 cm³/mol. The molecule has 8 N–H and O–H groups in total. The van der Waals surface area contributed by atoms with Crippen LogP contribution in [0.3, 0.4) is 0 Å². The van der Waals surface area contributed by atoms with Crippen molar-refractivity contribution in [2.75, 3.05) is 27.4 Å².